The normalized spacial score (nSPS) is 14.1. The number of rotatable bonds is 5. The van der Waals surface area contributed by atoms with Crippen LogP contribution in [0.15, 0.2) is 12.1 Å². The summed E-state index contributed by atoms with van der Waals surface area (Å²) < 4.78 is 5.24. The summed E-state index contributed by atoms with van der Waals surface area (Å²) in [5.74, 6) is -0.426. The highest BCUT2D eigenvalue weighted by atomic mass is 16.5. The maximum absolute atomic E-state index is 10.8. The highest BCUT2D eigenvalue weighted by Crippen LogP contribution is 2.29. The molecule has 0 aromatic heterocycles. The SMILES string of the molecule is COc1ccc(C(N)CC(C)C(=O)O)c(C)c1C. The summed E-state index contributed by atoms with van der Waals surface area (Å²) in [6.07, 6.45) is 0.432. The number of nitrogens with two attached hydrogens (primary N) is 1. The summed E-state index contributed by atoms with van der Waals surface area (Å²) in [7, 11) is 1.63. The lowest BCUT2D eigenvalue weighted by atomic mass is 9.91. The van der Waals surface area contributed by atoms with Crippen LogP contribution in [-0.4, -0.2) is 18.2 Å². The van der Waals surface area contributed by atoms with Gasteiger partial charge in [0, 0.05) is 6.04 Å². The highest BCUT2D eigenvalue weighted by molar-refractivity contribution is 5.69. The fraction of sp³-hybridized carbons (Fsp3) is 0.500. The molecule has 0 aliphatic rings. The lowest BCUT2D eigenvalue weighted by Crippen LogP contribution is -2.20. The van der Waals surface area contributed by atoms with E-state index < -0.39 is 11.9 Å². The first-order valence-corrected chi connectivity index (χ1v) is 6.01. The number of aliphatic carboxylic acids is 1. The number of carboxylic acids is 1. The molecule has 1 aromatic carbocycles. The van der Waals surface area contributed by atoms with E-state index in [2.05, 4.69) is 0 Å². The molecule has 3 N–H and O–H groups in total. The third-order valence-electron chi connectivity index (χ3n) is 3.43. The van der Waals surface area contributed by atoms with E-state index in [1.165, 1.54) is 0 Å². The molecule has 1 aromatic rings. The Hall–Kier alpha value is -1.55. The number of hydrogen-bond acceptors (Lipinski definition) is 3. The van der Waals surface area contributed by atoms with Gasteiger partial charge in [-0.25, -0.2) is 0 Å². The molecule has 100 valence electrons. The molecule has 4 nitrogen and oxygen atoms in total. The molecule has 0 fully saturated rings. The van der Waals surface area contributed by atoms with Crippen LogP contribution in [0.1, 0.15) is 36.1 Å². The minimum atomic E-state index is -0.812. The van der Waals surface area contributed by atoms with Gasteiger partial charge in [-0.05, 0) is 43.0 Å². The van der Waals surface area contributed by atoms with Crippen LogP contribution >= 0.6 is 0 Å². The number of methoxy groups -OCH3 is 1. The summed E-state index contributed by atoms with van der Waals surface area (Å²) in [5, 5.41) is 8.91. The lowest BCUT2D eigenvalue weighted by Gasteiger charge is -2.19. The van der Waals surface area contributed by atoms with Crippen LogP contribution < -0.4 is 10.5 Å². The fourth-order valence-electron chi connectivity index (χ4n) is 2.05. The van der Waals surface area contributed by atoms with Crippen LogP contribution in [0.5, 0.6) is 5.75 Å². The molecule has 0 saturated carbocycles. The monoisotopic (exact) mass is 251 g/mol. The number of carboxylic acid groups (broad SMARTS) is 1. The Kier molecular flexibility index (Phi) is 4.73. The average molecular weight is 251 g/mol. The predicted octanol–water partition coefficient (Wildman–Crippen LogP) is 2.42. The van der Waals surface area contributed by atoms with Gasteiger partial charge in [0.1, 0.15) is 5.75 Å². The van der Waals surface area contributed by atoms with Crippen molar-refractivity contribution in [3.63, 3.8) is 0 Å². The molecule has 0 bridgehead atoms. The quantitative estimate of drug-likeness (QED) is 0.843. The van der Waals surface area contributed by atoms with E-state index in [4.69, 9.17) is 15.6 Å². The van der Waals surface area contributed by atoms with Crippen LogP contribution in [-0.2, 0) is 4.79 Å². The van der Waals surface area contributed by atoms with Crippen LogP contribution in [0.2, 0.25) is 0 Å². The maximum atomic E-state index is 10.8. The second-order valence-electron chi connectivity index (χ2n) is 4.69. The molecular formula is C14H21NO3. The Balaban J connectivity index is 2.96. The zero-order chi connectivity index (χ0) is 13.9. The molecule has 0 saturated heterocycles. The van der Waals surface area contributed by atoms with E-state index in [9.17, 15) is 4.79 Å². The maximum Gasteiger partial charge on any atom is 0.306 e. The summed E-state index contributed by atoms with van der Waals surface area (Å²) >= 11 is 0. The van der Waals surface area contributed by atoms with Crippen LogP contribution in [0.4, 0.5) is 0 Å². The average Bonchev–Trinajstić information content (AvgIpc) is 2.32. The predicted molar refractivity (Wildman–Crippen MR) is 70.8 cm³/mol. The third-order valence-corrected chi connectivity index (χ3v) is 3.43. The van der Waals surface area contributed by atoms with Crippen molar-refractivity contribution in [3.05, 3.63) is 28.8 Å². The van der Waals surface area contributed by atoms with Gasteiger partial charge in [0.25, 0.3) is 0 Å². The summed E-state index contributed by atoms with van der Waals surface area (Å²) in [6, 6.07) is 3.53. The van der Waals surface area contributed by atoms with Crippen molar-refractivity contribution >= 4 is 5.97 Å². The van der Waals surface area contributed by atoms with Crippen molar-refractivity contribution in [2.45, 2.75) is 33.2 Å². The molecule has 0 amide bonds. The second kappa shape index (κ2) is 5.87. The molecule has 4 heteroatoms. The number of benzene rings is 1. The van der Waals surface area contributed by atoms with E-state index in [1.54, 1.807) is 14.0 Å². The van der Waals surface area contributed by atoms with Gasteiger partial charge in [0.05, 0.1) is 13.0 Å². The first kappa shape index (κ1) is 14.5. The van der Waals surface area contributed by atoms with Gasteiger partial charge >= 0.3 is 5.97 Å². The van der Waals surface area contributed by atoms with Gasteiger partial charge in [0.15, 0.2) is 0 Å². The van der Waals surface area contributed by atoms with Crippen LogP contribution in [0, 0.1) is 19.8 Å². The third kappa shape index (κ3) is 3.01. The molecular weight excluding hydrogens is 230 g/mol. The Morgan fingerprint density at radius 1 is 1.39 bits per heavy atom. The molecule has 1 rings (SSSR count). The molecule has 0 spiro atoms. The van der Waals surface area contributed by atoms with Gasteiger partial charge in [-0.2, -0.15) is 0 Å². The van der Waals surface area contributed by atoms with Crippen LogP contribution in [0.3, 0.4) is 0 Å². The standard InChI is InChI=1S/C14H21NO3/c1-8(14(16)17)7-12(15)11-5-6-13(18-4)10(3)9(11)2/h5-6,8,12H,7,15H2,1-4H3,(H,16,17). The van der Waals surface area contributed by atoms with Crippen molar-refractivity contribution in [1.82, 2.24) is 0 Å². The molecule has 18 heavy (non-hydrogen) atoms. The minimum absolute atomic E-state index is 0.263. The van der Waals surface area contributed by atoms with Gasteiger partial charge in [-0.15, -0.1) is 0 Å². The summed E-state index contributed by atoms with van der Waals surface area (Å²) in [5.41, 5.74) is 9.20. The Labute approximate surface area is 108 Å². The molecule has 0 heterocycles. The smallest absolute Gasteiger partial charge is 0.306 e. The van der Waals surface area contributed by atoms with E-state index >= 15 is 0 Å². The minimum Gasteiger partial charge on any atom is -0.496 e. The lowest BCUT2D eigenvalue weighted by molar-refractivity contribution is -0.141. The first-order chi connectivity index (χ1) is 8.38. The number of carbonyl (C=O) groups is 1. The van der Waals surface area contributed by atoms with Crippen molar-refractivity contribution in [2.75, 3.05) is 7.11 Å². The molecule has 0 radical (unpaired) electrons. The van der Waals surface area contributed by atoms with Gasteiger partial charge in [-0.1, -0.05) is 13.0 Å². The Bertz CT molecular complexity index is 443. The van der Waals surface area contributed by atoms with Crippen molar-refractivity contribution in [2.24, 2.45) is 11.7 Å². The summed E-state index contributed by atoms with van der Waals surface area (Å²) in [6.45, 7) is 5.64. The van der Waals surface area contributed by atoms with Crippen LogP contribution in [0.25, 0.3) is 0 Å². The number of ether oxygens (including phenoxy) is 1. The zero-order valence-electron chi connectivity index (χ0n) is 11.4. The van der Waals surface area contributed by atoms with Gasteiger partial charge in [-0.3, -0.25) is 4.79 Å². The zero-order valence-corrected chi connectivity index (χ0v) is 11.4. The Morgan fingerprint density at radius 2 is 2.00 bits per heavy atom. The Morgan fingerprint density at radius 3 is 2.50 bits per heavy atom. The van der Waals surface area contributed by atoms with Gasteiger partial charge < -0.3 is 15.6 Å². The fourth-order valence-corrected chi connectivity index (χ4v) is 2.05. The second-order valence-corrected chi connectivity index (χ2v) is 4.69. The van der Waals surface area contributed by atoms with E-state index in [-0.39, 0.29) is 6.04 Å². The molecule has 2 unspecified atom stereocenters. The molecule has 0 aliphatic carbocycles. The van der Waals surface area contributed by atoms with E-state index in [0.29, 0.717) is 6.42 Å². The first-order valence-electron chi connectivity index (χ1n) is 6.01. The van der Waals surface area contributed by atoms with Crippen molar-refractivity contribution in [1.29, 1.82) is 0 Å². The topological polar surface area (TPSA) is 72.5 Å². The molecule has 0 aliphatic heterocycles. The van der Waals surface area contributed by atoms with Gasteiger partial charge in [0.2, 0.25) is 0 Å². The van der Waals surface area contributed by atoms with E-state index in [0.717, 1.165) is 22.4 Å². The number of hydrogen-bond donors (Lipinski definition) is 2. The van der Waals surface area contributed by atoms with Crippen molar-refractivity contribution in [3.8, 4) is 5.75 Å². The highest BCUT2D eigenvalue weighted by Gasteiger charge is 2.19. The summed E-state index contributed by atoms with van der Waals surface area (Å²) in [4.78, 5) is 10.8. The largest absolute Gasteiger partial charge is 0.496 e. The van der Waals surface area contributed by atoms with Crippen molar-refractivity contribution < 1.29 is 14.6 Å². The molecule has 2 atom stereocenters. The van der Waals surface area contributed by atoms with E-state index in [1.807, 2.05) is 26.0 Å².